The molecule has 0 heterocycles. The molecule has 0 bridgehead atoms. The number of halogens is 2. The van der Waals surface area contributed by atoms with Crippen molar-refractivity contribution in [2.24, 2.45) is 5.41 Å². The molecular weight excluding hydrogens is 267 g/mol. The molecule has 2 saturated carbocycles. The Labute approximate surface area is 118 Å². The van der Waals surface area contributed by atoms with Crippen LogP contribution in [-0.4, -0.2) is 11.5 Å². The lowest BCUT2D eigenvalue weighted by molar-refractivity contribution is -0.0355. The maximum atomic E-state index is 6.43. The Balaban J connectivity index is 1.75. The second-order valence-electron chi connectivity index (χ2n) is 5.66. The summed E-state index contributed by atoms with van der Waals surface area (Å²) in [6, 6.07) is 5.89. The Morgan fingerprint density at radius 3 is 2.61 bits per heavy atom. The molecule has 0 aliphatic heterocycles. The normalized spacial score (nSPS) is 29.3. The van der Waals surface area contributed by atoms with Crippen molar-refractivity contribution in [1.29, 1.82) is 0 Å². The van der Waals surface area contributed by atoms with Gasteiger partial charge in [-0.2, -0.15) is 0 Å². The highest BCUT2D eigenvalue weighted by Crippen LogP contribution is 2.57. The molecule has 1 spiro atoms. The zero-order chi connectivity index (χ0) is 12.8. The average molecular weight is 285 g/mol. The van der Waals surface area contributed by atoms with Crippen molar-refractivity contribution in [2.45, 2.75) is 50.5 Å². The van der Waals surface area contributed by atoms with Crippen molar-refractivity contribution in [3.05, 3.63) is 28.8 Å². The van der Waals surface area contributed by atoms with Crippen LogP contribution in [0.3, 0.4) is 0 Å². The summed E-state index contributed by atoms with van der Waals surface area (Å²) in [4.78, 5) is 0. The van der Waals surface area contributed by atoms with Crippen LogP contribution >= 0.6 is 23.2 Å². The maximum Gasteiger partial charge on any atom is 0.120 e. The molecule has 2 atom stereocenters. The van der Waals surface area contributed by atoms with Gasteiger partial charge in [-0.15, -0.1) is 11.6 Å². The summed E-state index contributed by atoms with van der Waals surface area (Å²) in [5.41, 5.74) is 1.31. The van der Waals surface area contributed by atoms with E-state index in [1.54, 1.807) is 0 Å². The molecule has 0 saturated heterocycles. The fourth-order valence-corrected chi connectivity index (χ4v) is 4.03. The highest BCUT2D eigenvalue weighted by molar-refractivity contribution is 6.31. The predicted octanol–water partition coefficient (Wildman–Crippen LogP) is 4.97. The molecule has 0 N–H and O–H groups in total. The van der Waals surface area contributed by atoms with Gasteiger partial charge in [0.25, 0.3) is 0 Å². The van der Waals surface area contributed by atoms with Gasteiger partial charge >= 0.3 is 0 Å². The van der Waals surface area contributed by atoms with Crippen molar-refractivity contribution in [3.63, 3.8) is 0 Å². The molecule has 2 aliphatic rings. The van der Waals surface area contributed by atoms with E-state index in [0.29, 0.717) is 11.5 Å². The third-order valence-electron chi connectivity index (χ3n) is 4.63. The Morgan fingerprint density at radius 1 is 1.28 bits per heavy atom. The summed E-state index contributed by atoms with van der Waals surface area (Å²) in [6.45, 7) is 2.01. The number of benzene rings is 1. The monoisotopic (exact) mass is 284 g/mol. The quantitative estimate of drug-likeness (QED) is 0.697. The van der Waals surface area contributed by atoms with Crippen molar-refractivity contribution in [3.8, 4) is 5.75 Å². The number of alkyl halides is 1. The van der Waals surface area contributed by atoms with Crippen molar-refractivity contribution >= 4 is 23.2 Å². The van der Waals surface area contributed by atoms with E-state index in [0.717, 1.165) is 22.8 Å². The first kappa shape index (κ1) is 12.6. The second-order valence-corrected chi connectivity index (χ2v) is 6.60. The summed E-state index contributed by atoms with van der Waals surface area (Å²) >= 11 is 12.5. The number of hydrogen-bond donors (Lipinski definition) is 0. The van der Waals surface area contributed by atoms with Crippen LogP contribution in [0.4, 0.5) is 0 Å². The van der Waals surface area contributed by atoms with Crippen LogP contribution < -0.4 is 4.74 Å². The number of rotatable bonds is 2. The highest BCUT2D eigenvalue weighted by atomic mass is 35.5. The Hall–Kier alpha value is -0.400. The second kappa shape index (κ2) is 4.61. The lowest BCUT2D eigenvalue weighted by Crippen LogP contribution is -2.55. The molecule has 98 valence electrons. The predicted molar refractivity (Wildman–Crippen MR) is 75.8 cm³/mol. The fraction of sp³-hybridized carbons (Fsp3) is 0.600. The van der Waals surface area contributed by atoms with E-state index in [1.165, 1.54) is 25.7 Å². The van der Waals surface area contributed by atoms with Gasteiger partial charge in [-0.05, 0) is 43.5 Å². The van der Waals surface area contributed by atoms with E-state index >= 15 is 0 Å². The van der Waals surface area contributed by atoms with Crippen LogP contribution in [0, 0.1) is 12.3 Å². The summed E-state index contributed by atoms with van der Waals surface area (Å²) in [6.07, 6.45) is 6.30. The van der Waals surface area contributed by atoms with Gasteiger partial charge in [0.15, 0.2) is 0 Å². The first-order chi connectivity index (χ1) is 8.62. The molecule has 0 amide bonds. The molecule has 18 heavy (non-hydrogen) atoms. The molecular formula is C15H18Cl2O. The first-order valence-electron chi connectivity index (χ1n) is 6.69. The maximum absolute atomic E-state index is 6.43. The molecule has 0 aromatic heterocycles. The third kappa shape index (κ3) is 1.92. The summed E-state index contributed by atoms with van der Waals surface area (Å²) in [7, 11) is 0. The summed E-state index contributed by atoms with van der Waals surface area (Å²) < 4.78 is 6.15. The molecule has 1 aromatic rings. The Kier molecular flexibility index (Phi) is 3.23. The smallest absolute Gasteiger partial charge is 0.120 e. The van der Waals surface area contributed by atoms with Gasteiger partial charge in [0.2, 0.25) is 0 Å². The number of aryl methyl sites for hydroxylation is 1. The van der Waals surface area contributed by atoms with Crippen LogP contribution in [-0.2, 0) is 0 Å². The fourth-order valence-electron chi connectivity index (χ4n) is 3.39. The Bertz CT molecular complexity index is 452. The zero-order valence-electron chi connectivity index (χ0n) is 10.6. The van der Waals surface area contributed by atoms with E-state index in [1.807, 2.05) is 25.1 Å². The van der Waals surface area contributed by atoms with E-state index in [4.69, 9.17) is 27.9 Å². The minimum Gasteiger partial charge on any atom is -0.490 e. The molecule has 0 radical (unpaired) electrons. The van der Waals surface area contributed by atoms with Gasteiger partial charge in [-0.25, -0.2) is 0 Å². The summed E-state index contributed by atoms with van der Waals surface area (Å²) in [5, 5.41) is 1.10. The van der Waals surface area contributed by atoms with Gasteiger partial charge in [0.1, 0.15) is 11.9 Å². The van der Waals surface area contributed by atoms with Gasteiger partial charge in [-0.1, -0.05) is 24.4 Å². The molecule has 2 unspecified atom stereocenters. The average Bonchev–Trinajstić information content (AvgIpc) is 2.85. The van der Waals surface area contributed by atoms with E-state index in [9.17, 15) is 0 Å². The van der Waals surface area contributed by atoms with E-state index in [2.05, 4.69) is 0 Å². The van der Waals surface area contributed by atoms with Crippen LogP contribution in [0.5, 0.6) is 5.75 Å². The Morgan fingerprint density at radius 2 is 2.00 bits per heavy atom. The lowest BCUT2D eigenvalue weighted by atomic mass is 9.64. The van der Waals surface area contributed by atoms with Crippen molar-refractivity contribution in [2.75, 3.05) is 0 Å². The van der Waals surface area contributed by atoms with Crippen LogP contribution in [0.25, 0.3) is 0 Å². The van der Waals surface area contributed by atoms with E-state index in [-0.39, 0.29) is 5.41 Å². The van der Waals surface area contributed by atoms with Crippen LogP contribution in [0.2, 0.25) is 5.02 Å². The van der Waals surface area contributed by atoms with Gasteiger partial charge in [0.05, 0.1) is 0 Å². The van der Waals surface area contributed by atoms with Crippen LogP contribution in [0.1, 0.15) is 37.7 Å². The van der Waals surface area contributed by atoms with Crippen molar-refractivity contribution < 1.29 is 4.74 Å². The number of hydrogen-bond acceptors (Lipinski definition) is 1. The van der Waals surface area contributed by atoms with E-state index < -0.39 is 0 Å². The largest absolute Gasteiger partial charge is 0.490 e. The molecule has 2 fully saturated rings. The SMILES string of the molecule is Cc1cc(OC2CC(Cl)C23CCCC3)ccc1Cl. The molecule has 1 aromatic carbocycles. The molecule has 3 rings (SSSR count). The van der Waals surface area contributed by atoms with Gasteiger partial charge in [0, 0.05) is 22.2 Å². The number of ether oxygens (including phenoxy) is 1. The molecule has 2 aliphatic carbocycles. The van der Waals surface area contributed by atoms with Gasteiger partial charge in [-0.3, -0.25) is 0 Å². The summed E-state index contributed by atoms with van der Waals surface area (Å²) in [5.74, 6) is 0.928. The van der Waals surface area contributed by atoms with Gasteiger partial charge < -0.3 is 4.74 Å². The highest BCUT2D eigenvalue weighted by Gasteiger charge is 2.56. The lowest BCUT2D eigenvalue weighted by Gasteiger charge is -2.51. The molecule has 3 heteroatoms. The van der Waals surface area contributed by atoms with Crippen LogP contribution in [0.15, 0.2) is 18.2 Å². The minimum atomic E-state index is 0.245. The molecule has 1 nitrogen and oxygen atoms in total. The zero-order valence-corrected chi connectivity index (χ0v) is 12.1. The first-order valence-corrected chi connectivity index (χ1v) is 7.50. The van der Waals surface area contributed by atoms with Crippen molar-refractivity contribution in [1.82, 2.24) is 0 Å². The minimum absolute atomic E-state index is 0.245. The topological polar surface area (TPSA) is 9.23 Å². The third-order valence-corrected chi connectivity index (χ3v) is 5.67. The standard InChI is InChI=1S/C15H18Cl2O/c1-10-8-11(4-5-12(10)16)18-14-9-13(17)15(14)6-2-3-7-15/h4-5,8,13-14H,2-3,6-7,9H2,1H3.